The van der Waals surface area contributed by atoms with Crippen molar-refractivity contribution in [1.29, 1.82) is 0 Å². The molecular weight excluding hydrogens is 673 g/mol. The molecule has 0 aromatic rings. The number of hydrogen-bond donors (Lipinski definition) is 0. The third-order valence-corrected chi connectivity index (χ3v) is 12.0. The van der Waals surface area contributed by atoms with E-state index in [1.165, 1.54) is 218 Å². The first-order valence-corrected chi connectivity index (χ1v) is 25.3. The molecule has 1 atom stereocenters. The molecule has 324 valence electrons. The Morgan fingerprint density at radius 1 is 0.345 bits per heavy atom. The van der Waals surface area contributed by atoms with Gasteiger partial charge in [0, 0.05) is 19.3 Å². The topological polar surface area (TPSA) is 51.2 Å². The minimum atomic E-state index is -0.355. The van der Waals surface area contributed by atoms with Crippen LogP contribution in [0.5, 0.6) is 0 Å². The maximum absolute atomic E-state index is 12.5. The van der Waals surface area contributed by atoms with Gasteiger partial charge in [-0.25, -0.2) is 0 Å². The zero-order chi connectivity index (χ0) is 40.0. The Bertz CT molecular complexity index is 816. The lowest BCUT2D eigenvalue weighted by atomic mass is 9.94. The Balaban J connectivity index is 3.38. The van der Waals surface area contributed by atoms with Crippen molar-refractivity contribution in [2.24, 2.45) is 5.92 Å². The summed E-state index contributed by atoms with van der Waals surface area (Å²) in [7, 11) is 0. The van der Waals surface area contributed by atoms with Crippen molar-refractivity contribution in [3.63, 3.8) is 0 Å². The molecule has 0 N–H and O–H groups in total. The van der Waals surface area contributed by atoms with Crippen LogP contribution in [0, 0.1) is 5.92 Å². The second kappa shape index (κ2) is 47.1. The molecule has 0 rings (SSSR count). The van der Waals surface area contributed by atoms with Gasteiger partial charge in [0.25, 0.3) is 0 Å². The number of allylic oxidation sites excluding steroid dienone is 2. The quantitative estimate of drug-likeness (QED) is 0.0268. The fraction of sp³-hybridized carbons (Fsp3) is 0.904. The van der Waals surface area contributed by atoms with E-state index in [1.807, 2.05) is 0 Å². The molecule has 0 radical (unpaired) electrons. The highest BCUT2D eigenvalue weighted by Gasteiger charge is 2.16. The van der Waals surface area contributed by atoms with Gasteiger partial charge in [-0.15, -0.1) is 0 Å². The fourth-order valence-electron chi connectivity index (χ4n) is 8.13. The van der Waals surface area contributed by atoms with Gasteiger partial charge in [-0.2, -0.15) is 0 Å². The largest absolute Gasteiger partial charge is 0.303 e. The first-order chi connectivity index (χ1) is 27.2. The van der Waals surface area contributed by atoms with Crippen LogP contribution >= 0.6 is 0 Å². The van der Waals surface area contributed by atoms with Crippen molar-refractivity contribution in [2.75, 3.05) is 0 Å². The molecule has 1 unspecified atom stereocenters. The molecule has 0 amide bonds. The predicted molar refractivity (Wildman–Crippen MR) is 243 cm³/mol. The summed E-state index contributed by atoms with van der Waals surface area (Å²) in [6.07, 6.45) is 60.4. The van der Waals surface area contributed by atoms with E-state index in [0.717, 1.165) is 64.1 Å². The lowest BCUT2D eigenvalue weighted by Gasteiger charge is -2.09. The molecule has 0 heterocycles. The Labute approximate surface area is 345 Å². The van der Waals surface area contributed by atoms with Gasteiger partial charge < -0.3 is 4.79 Å². The third kappa shape index (κ3) is 43.7. The van der Waals surface area contributed by atoms with Crippen LogP contribution in [-0.2, 0) is 14.4 Å². The highest BCUT2D eigenvalue weighted by Crippen LogP contribution is 2.18. The smallest absolute Gasteiger partial charge is 0.143 e. The average Bonchev–Trinajstić information content (AvgIpc) is 3.19. The molecule has 0 saturated heterocycles. The molecule has 0 fully saturated rings. The highest BCUT2D eigenvalue weighted by atomic mass is 16.1. The number of rotatable bonds is 48. The lowest BCUT2D eigenvalue weighted by molar-refractivity contribution is -0.127. The van der Waals surface area contributed by atoms with Crippen LogP contribution in [0.4, 0.5) is 0 Å². The van der Waals surface area contributed by atoms with Crippen LogP contribution in [0.3, 0.4) is 0 Å². The maximum Gasteiger partial charge on any atom is 0.143 e. The van der Waals surface area contributed by atoms with Crippen LogP contribution < -0.4 is 0 Å². The molecule has 0 aromatic carbocycles. The molecular formula is C52H98O3. The highest BCUT2D eigenvalue weighted by molar-refractivity contribution is 5.93. The molecule has 0 spiro atoms. The van der Waals surface area contributed by atoms with Crippen LogP contribution in [-0.4, -0.2) is 17.9 Å². The Morgan fingerprint density at radius 3 is 0.945 bits per heavy atom. The standard InChI is InChI=1S/C52H98O3/c1-3-5-7-9-11-13-15-17-18-23-26-30-34-38-42-46-51(54)47-43-39-35-31-27-24-20-19-22-25-29-33-37-41-45-50(49-53)52(55)48-44-40-36-32-28-21-16-14-12-10-8-6-4-2/h17-18,49-50H,3-16,19-48H2,1-2H3. The van der Waals surface area contributed by atoms with Crippen LogP contribution in [0.25, 0.3) is 0 Å². The summed E-state index contributed by atoms with van der Waals surface area (Å²) in [6, 6.07) is 0. The zero-order valence-corrected chi connectivity index (χ0v) is 37.6. The van der Waals surface area contributed by atoms with Crippen molar-refractivity contribution in [2.45, 2.75) is 296 Å². The Kier molecular flexibility index (Phi) is 46.1. The number of hydrogen-bond acceptors (Lipinski definition) is 3. The second-order valence-corrected chi connectivity index (χ2v) is 17.6. The summed E-state index contributed by atoms with van der Waals surface area (Å²) in [6.45, 7) is 4.56. The third-order valence-electron chi connectivity index (χ3n) is 12.0. The Morgan fingerprint density at radius 2 is 0.618 bits per heavy atom. The van der Waals surface area contributed by atoms with Crippen LogP contribution in [0.2, 0.25) is 0 Å². The van der Waals surface area contributed by atoms with Gasteiger partial charge in [0.1, 0.15) is 17.9 Å². The minimum Gasteiger partial charge on any atom is -0.303 e. The van der Waals surface area contributed by atoms with Gasteiger partial charge in [-0.3, -0.25) is 9.59 Å². The first-order valence-electron chi connectivity index (χ1n) is 25.3. The maximum atomic E-state index is 12.5. The molecule has 0 bridgehead atoms. The van der Waals surface area contributed by atoms with Gasteiger partial charge in [0.15, 0.2) is 0 Å². The van der Waals surface area contributed by atoms with E-state index in [4.69, 9.17) is 0 Å². The normalized spacial score (nSPS) is 12.2. The van der Waals surface area contributed by atoms with E-state index in [9.17, 15) is 14.4 Å². The molecule has 3 heteroatoms. The zero-order valence-electron chi connectivity index (χ0n) is 37.6. The summed E-state index contributed by atoms with van der Waals surface area (Å²) >= 11 is 0. The van der Waals surface area contributed by atoms with Gasteiger partial charge in [0.2, 0.25) is 0 Å². The summed E-state index contributed by atoms with van der Waals surface area (Å²) in [4.78, 5) is 36.3. The molecule has 55 heavy (non-hydrogen) atoms. The summed E-state index contributed by atoms with van der Waals surface area (Å²) in [5.74, 6) is 0.326. The summed E-state index contributed by atoms with van der Waals surface area (Å²) < 4.78 is 0. The van der Waals surface area contributed by atoms with Crippen molar-refractivity contribution < 1.29 is 14.4 Å². The van der Waals surface area contributed by atoms with E-state index in [2.05, 4.69) is 26.0 Å². The van der Waals surface area contributed by atoms with E-state index in [0.29, 0.717) is 12.2 Å². The van der Waals surface area contributed by atoms with E-state index in [1.54, 1.807) is 0 Å². The minimum absolute atomic E-state index is 0.187. The van der Waals surface area contributed by atoms with E-state index in [-0.39, 0.29) is 11.7 Å². The molecule has 3 nitrogen and oxygen atoms in total. The van der Waals surface area contributed by atoms with Crippen molar-refractivity contribution >= 4 is 17.9 Å². The number of Topliss-reactive ketones (excluding diaryl/α,β-unsaturated/α-hetero) is 2. The number of carbonyl (C=O) groups excluding carboxylic acids is 3. The molecule has 0 aliphatic rings. The number of unbranched alkanes of at least 4 members (excludes halogenated alkanes) is 36. The van der Waals surface area contributed by atoms with Crippen molar-refractivity contribution in [1.82, 2.24) is 0 Å². The van der Waals surface area contributed by atoms with Gasteiger partial charge >= 0.3 is 0 Å². The van der Waals surface area contributed by atoms with Crippen LogP contribution in [0.1, 0.15) is 296 Å². The van der Waals surface area contributed by atoms with Gasteiger partial charge in [-0.1, -0.05) is 238 Å². The Hall–Kier alpha value is -1.25. The van der Waals surface area contributed by atoms with Gasteiger partial charge in [-0.05, 0) is 51.4 Å². The summed E-state index contributed by atoms with van der Waals surface area (Å²) in [5.41, 5.74) is 0. The van der Waals surface area contributed by atoms with Gasteiger partial charge in [0.05, 0.1) is 5.92 Å². The number of carbonyl (C=O) groups is 3. The average molecular weight is 771 g/mol. The van der Waals surface area contributed by atoms with E-state index < -0.39 is 0 Å². The molecule has 0 saturated carbocycles. The number of ketones is 2. The monoisotopic (exact) mass is 771 g/mol. The SMILES string of the molecule is CCCCCCCCC=CCCCCCCCC(=O)CCCCCCCCCCCCCCCCC(C=O)C(=O)CCCCCCCCCCCCCCC. The predicted octanol–water partition coefficient (Wildman–Crippen LogP) is 17.7. The van der Waals surface area contributed by atoms with E-state index >= 15 is 0 Å². The first kappa shape index (κ1) is 53.8. The molecule has 0 aromatic heterocycles. The van der Waals surface area contributed by atoms with Crippen molar-refractivity contribution in [3.8, 4) is 0 Å². The summed E-state index contributed by atoms with van der Waals surface area (Å²) in [5, 5.41) is 0. The molecule has 0 aliphatic heterocycles. The molecule has 0 aliphatic carbocycles. The lowest BCUT2D eigenvalue weighted by Crippen LogP contribution is -2.15. The van der Waals surface area contributed by atoms with Crippen molar-refractivity contribution in [3.05, 3.63) is 12.2 Å². The fourth-order valence-corrected chi connectivity index (χ4v) is 8.13. The number of aldehydes is 1. The van der Waals surface area contributed by atoms with Crippen LogP contribution in [0.15, 0.2) is 12.2 Å². The second-order valence-electron chi connectivity index (χ2n) is 17.6.